The maximum atomic E-state index is 11.7. The second-order valence-electron chi connectivity index (χ2n) is 6.40. The summed E-state index contributed by atoms with van der Waals surface area (Å²) in [4.78, 5) is 19.6. The van der Waals surface area contributed by atoms with Crippen molar-refractivity contribution in [3.8, 4) is 22.9 Å². The Morgan fingerprint density at radius 1 is 0.931 bits per heavy atom. The zero-order chi connectivity index (χ0) is 20.1. The first kappa shape index (κ1) is 18.7. The molecule has 0 radical (unpaired) electrons. The Balaban J connectivity index is 1.50. The van der Waals surface area contributed by atoms with Crippen LogP contribution in [0.4, 0.5) is 0 Å². The van der Waals surface area contributed by atoms with E-state index in [4.69, 9.17) is 14.6 Å². The van der Waals surface area contributed by atoms with Gasteiger partial charge in [0.25, 0.3) is 0 Å². The maximum absolute atomic E-state index is 11.7. The summed E-state index contributed by atoms with van der Waals surface area (Å²) in [5.41, 5.74) is 2.72. The molecule has 1 heterocycles. The molecule has 0 atom stereocenters. The van der Waals surface area contributed by atoms with Gasteiger partial charge >= 0.3 is 0 Å². The lowest BCUT2D eigenvalue weighted by molar-refractivity contribution is 0.0904. The van der Waals surface area contributed by atoms with Crippen molar-refractivity contribution < 1.29 is 19.4 Å². The number of ketones is 1. The molecule has 2 N–H and O–H groups in total. The molecule has 4 rings (SSSR count). The predicted molar refractivity (Wildman–Crippen MR) is 110 cm³/mol. The zero-order valence-electron chi connectivity index (χ0n) is 15.7. The number of aliphatic hydroxyl groups excluding tert-OH is 1. The highest BCUT2D eigenvalue weighted by molar-refractivity contribution is 5.99. The fourth-order valence-corrected chi connectivity index (χ4v) is 3.02. The number of aromatic nitrogens is 2. The van der Waals surface area contributed by atoms with Crippen LogP contribution in [0.5, 0.6) is 11.5 Å². The van der Waals surface area contributed by atoms with E-state index in [1.54, 1.807) is 18.2 Å². The van der Waals surface area contributed by atoms with Crippen molar-refractivity contribution in [3.63, 3.8) is 0 Å². The van der Waals surface area contributed by atoms with E-state index >= 15 is 0 Å². The van der Waals surface area contributed by atoms with Gasteiger partial charge in [-0.3, -0.25) is 4.79 Å². The molecule has 4 aromatic rings. The third-order valence-electron chi connectivity index (χ3n) is 4.44. The molecule has 0 unspecified atom stereocenters. The number of nitrogens with one attached hydrogen (secondary N) is 1. The number of Topliss-reactive ketones (excluding diaryl/α,β-unsaturated/α-hetero) is 1. The van der Waals surface area contributed by atoms with Crippen molar-refractivity contribution in [2.45, 2.75) is 0 Å². The Morgan fingerprint density at radius 3 is 2.52 bits per heavy atom. The first-order valence-electron chi connectivity index (χ1n) is 9.28. The largest absolute Gasteiger partial charge is 0.490 e. The Morgan fingerprint density at radius 2 is 1.69 bits per heavy atom. The van der Waals surface area contributed by atoms with Crippen molar-refractivity contribution in [1.29, 1.82) is 0 Å². The Kier molecular flexibility index (Phi) is 5.54. The highest BCUT2D eigenvalue weighted by atomic mass is 16.5. The minimum absolute atomic E-state index is 0.329. The topological polar surface area (TPSA) is 84.4 Å². The van der Waals surface area contributed by atoms with Crippen LogP contribution in [0.25, 0.3) is 22.4 Å². The number of para-hydroxylation sites is 2. The quantitative estimate of drug-likeness (QED) is 0.354. The summed E-state index contributed by atoms with van der Waals surface area (Å²) in [5.74, 6) is 1.81. The number of aromatic amines is 1. The van der Waals surface area contributed by atoms with Gasteiger partial charge in [0, 0.05) is 5.56 Å². The van der Waals surface area contributed by atoms with Gasteiger partial charge in [-0.15, -0.1) is 0 Å². The lowest BCUT2D eigenvalue weighted by Gasteiger charge is -2.11. The van der Waals surface area contributed by atoms with Crippen molar-refractivity contribution in [3.05, 3.63) is 78.4 Å². The number of benzene rings is 3. The van der Waals surface area contributed by atoms with Gasteiger partial charge in [-0.05, 0) is 42.5 Å². The number of fused-ring (bicyclic) bond motifs is 1. The summed E-state index contributed by atoms with van der Waals surface area (Å²) in [5, 5.41) is 9.05. The van der Waals surface area contributed by atoms with Crippen LogP contribution >= 0.6 is 0 Å². The standard InChI is InChI=1S/C23H20N2O4/c26-15-21(27)16-10-11-19-20(14-16)25-23(24-19)18-8-4-5-9-22(18)29-13-12-28-17-6-2-1-3-7-17/h1-11,14,26H,12-13,15H2,(H,24,25). The molecule has 0 saturated heterocycles. The molecule has 0 amide bonds. The molecule has 0 bridgehead atoms. The molecule has 1 aromatic heterocycles. The molecular weight excluding hydrogens is 368 g/mol. The summed E-state index contributed by atoms with van der Waals surface area (Å²) in [6.45, 7) is 0.292. The number of ether oxygens (including phenoxy) is 2. The van der Waals surface area contributed by atoms with Gasteiger partial charge in [-0.1, -0.05) is 30.3 Å². The smallest absolute Gasteiger partial charge is 0.188 e. The van der Waals surface area contributed by atoms with Gasteiger partial charge in [-0.25, -0.2) is 4.98 Å². The average Bonchev–Trinajstić information content (AvgIpc) is 3.20. The summed E-state index contributed by atoms with van der Waals surface area (Å²) >= 11 is 0. The van der Waals surface area contributed by atoms with Crippen LogP contribution in [0.3, 0.4) is 0 Å². The molecule has 0 spiro atoms. The summed E-state index contributed by atoms with van der Waals surface area (Å²) in [6.07, 6.45) is 0. The van der Waals surface area contributed by atoms with Crippen LogP contribution < -0.4 is 9.47 Å². The van der Waals surface area contributed by atoms with Crippen LogP contribution in [0.1, 0.15) is 10.4 Å². The molecule has 0 aliphatic heterocycles. The molecule has 29 heavy (non-hydrogen) atoms. The van der Waals surface area contributed by atoms with Crippen LogP contribution in [0.15, 0.2) is 72.8 Å². The van der Waals surface area contributed by atoms with Gasteiger partial charge in [0.05, 0.1) is 16.6 Å². The van der Waals surface area contributed by atoms with Gasteiger partial charge < -0.3 is 19.6 Å². The van der Waals surface area contributed by atoms with E-state index < -0.39 is 6.61 Å². The number of hydrogen-bond acceptors (Lipinski definition) is 5. The van der Waals surface area contributed by atoms with E-state index in [0.717, 1.165) is 22.3 Å². The molecule has 0 saturated carbocycles. The molecule has 6 nitrogen and oxygen atoms in total. The number of imidazole rings is 1. The van der Waals surface area contributed by atoms with Crippen molar-refractivity contribution in [1.82, 2.24) is 9.97 Å². The highest BCUT2D eigenvalue weighted by Crippen LogP contribution is 2.29. The van der Waals surface area contributed by atoms with E-state index in [1.165, 1.54) is 0 Å². The van der Waals surface area contributed by atoms with Crippen molar-refractivity contribution in [2.75, 3.05) is 19.8 Å². The number of rotatable bonds is 8. The molecule has 0 fully saturated rings. The van der Waals surface area contributed by atoms with Crippen molar-refractivity contribution in [2.24, 2.45) is 0 Å². The number of H-pyrrole nitrogens is 1. The molecule has 146 valence electrons. The van der Waals surface area contributed by atoms with Crippen LogP contribution in [0, 0.1) is 0 Å². The van der Waals surface area contributed by atoms with E-state index in [0.29, 0.717) is 30.4 Å². The number of aliphatic hydroxyl groups is 1. The zero-order valence-corrected chi connectivity index (χ0v) is 15.7. The lowest BCUT2D eigenvalue weighted by Crippen LogP contribution is -2.09. The van der Waals surface area contributed by atoms with E-state index in [-0.39, 0.29) is 5.78 Å². The Labute approximate surface area is 167 Å². The molecule has 6 heteroatoms. The van der Waals surface area contributed by atoms with Gasteiger partial charge in [0.15, 0.2) is 5.78 Å². The molecular formula is C23H20N2O4. The Bertz CT molecular complexity index is 1120. The van der Waals surface area contributed by atoms with E-state index in [2.05, 4.69) is 9.97 Å². The van der Waals surface area contributed by atoms with Gasteiger partial charge in [0.1, 0.15) is 37.1 Å². The fourth-order valence-electron chi connectivity index (χ4n) is 3.02. The number of nitrogens with zero attached hydrogens (tertiary/aromatic N) is 1. The lowest BCUT2D eigenvalue weighted by atomic mass is 10.1. The van der Waals surface area contributed by atoms with Crippen LogP contribution in [-0.4, -0.2) is 40.7 Å². The second-order valence-corrected chi connectivity index (χ2v) is 6.40. The van der Waals surface area contributed by atoms with Gasteiger partial charge in [-0.2, -0.15) is 0 Å². The number of carbonyl (C=O) groups excluding carboxylic acids is 1. The van der Waals surface area contributed by atoms with Crippen molar-refractivity contribution >= 4 is 16.8 Å². The maximum Gasteiger partial charge on any atom is 0.188 e. The minimum Gasteiger partial charge on any atom is -0.490 e. The molecule has 3 aromatic carbocycles. The third kappa shape index (κ3) is 4.28. The van der Waals surface area contributed by atoms with Gasteiger partial charge in [0.2, 0.25) is 0 Å². The van der Waals surface area contributed by atoms with E-state index in [9.17, 15) is 4.79 Å². The van der Waals surface area contributed by atoms with E-state index in [1.807, 2.05) is 54.6 Å². The predicted octanol–water partition coefficient (Wildman–Crippen LogP) is 3.86. The Hall–Kier alpha value is -3.64. The first-order valence-corrected chi connectivity index (χ1v) is 9.28. The second kappa shape index (κ2) is 8.58. The van der Waals surface area contributed by atoms with Crippen LogP contribution in [-0.2, 0) is 0 Å². The number of carbonyl (C=O) groups is 1. The fraction of sp³-hybridized carbons (Fsp3) is 0.130. The summed E-state index contributed by atoms with van der Waals surface area (Å²) in [6, 6.07) is 22.3. The summed E-state index contributed by atoms with van der Waals surface area (Å²) in [7, 11) is 0. The molecule has 0 aliphatic rings. The third-order valence-corrected chi connectivity index (χ3v) is 4.44. The number of hydrogen-bond donors (Lipinski definition) is 2. The first-order chi connectivity index (χ1) is 14.2. The SMILES string of the molecule is O=C(CO)c1ccc2nc(-c3ccccc3OCCOc3ccccc3)[nH]c2c1. The monoisotopic (exact) mass is 388 g/mol. The van der Waals surface area contributed by atoms with Crippen LogP contribution in [0.2, 0.25) is 0 Å². The highest BCUT2D eigenvalue weighted by Gasteiger charge is 2.12. The molecule has 0 aliphatic carbocycles. The minimum atomic E-state index is -0.520. The normalized spacial score (nSPS) is 10.8. The summed E-state index contributed by atoms with van der Waals surface area (Å²) < 4.78 is 11.6. The average molecular weight is 388 g/mol.